The van der Waals surface area contributed by atoms with Gasteiger partial charge < -0.3 is 10.6 Å². The van der Waals surface area contributed by atoms with Crippen molar-refractivity contribution in [1.82, 2.24) is 10.3 Å². The second kappa shape index (κ2) is 4.68. The molecular formula is C12H17N3O2S. The molecule has 1 aromatic rings. The molecule has 18 heavy (non-hydrogen) atoms. The monoisotopic (exact) mass is 267 g/mol. The van der Waals surface area contributed by atoms with Gasteiger partial charge in [-0.3, -0.25) is 9.59 Å². The summed E-state index contributed by atoms with van der Waals surface area (Å²) in [4.78, 5) is 27.3. The number of rotatable bonds is 2. The Morgan fingerprint density at radius 3 is 2.78 bits per heavy atom. The summed E-state index contributed by atoms with van der Waals surface area (Å²) in [6, 6.07) is 0. The van der Waals surface area contributed by atoms with Crippen molar-refractivity contribution in [2.45, 2.75) is 32.6 Å². The van der Waals surface area contributed by atoms with E-state index in [-0.39, 0.29) is 29.6 Å². The van der Waals surface area contributed by atoms with E-state index in [1.165, 1.54) is 11.3 Å². The van der Waals surface area contributed by atoms with Crippen LogP contribution in [0.4, 0.5) is 5.13 Å². The van der Waals surface area contributed by atoms with E-state index in [1.54, 1.807) is 0 Å². The molecule has 6 heteroatoms. The van der Waals surface area contributed by atoms with E-state index in [9.17, 15) is 9.59 Å². The highest BCUT2D eigenvalue weighted by molar-refractivity contribution is 7.13. The zero-order valence-corrected chi connectivity index (χ0v) is 11.6. The molecular weight excluding hydrogens is 250 g/mol. The lowest BCUT2D eigenvalue weighted by Gasteiger charge is -2.14. The third-order valence-electron chi connectivity index (χ3n) is 2.85. The number of anilines is 1. The average molecular weight is 267 g/mol. The van der Waals surface area contributed by atoms with Crippen LogP contribution in [0.15, 0.2) is 5.38 Å². The SMILES string of the molecule is CC(C)(C)c1csc(NC(=O)C2CNC(=O)C2)n1. The van der Waals surface area contributed by atoms with Gasteiger partial charge in [-0.2, -0.15) is 0 Å². The lowest BCUT2D eigenvalue weighted by Crippen LogP contribution is -2.24. The van der Waals surface area contributed by atoms with E-state index >= 15 is 0 Å². The topological polar surface area (TPSA) is 71.1 Å². The summed E-state index contributed by atoms with van der Waals surface area (Å²) in [6.45, 7) is 6.65. The zero-order chi connectivity index (χ0) is 13.3. The van der Waals surface area contributed by atoms with Gasteiger partial charge in [-0.25, -0.2) is 4.98 Å². The molecule has 5 nitrogen and oxygen atoms in total. The van der Waals surface area contributed by atoms with Gasteiger partial charge in [-0.05, 0) is 0 Å². The van der Waals surface area contributed by atoms with Crippen LogP contribution >= 0.6 is 11.3 Å². The van der Waals surface area contributed by atoms with E-state index in [4.69, 9.17) is 0 Å². The van der Waals surface area contributed by atoms with E-state index in [1.807, 2.05) is 5.38 Å². The molecule has 2 N–H and O–H groups in total. The van der Waals surface area contributed by atoms with Crippen LogP contribution in [-0.2, 0) is 15.0 Å². The maximum Gasteiger partial charge on any atom is 0.231 e. The van der Waals surface area contributed by atoms with E-state index in [0.717, 1.165) is 5.69 Å². The first kappa shape index (κ1) is 13.0. The molecule has 0 aliphatic carbocycles. The molecule has 1 aromatic heterocycles. The number of hydrogen-bond donors (Lipinski definition) is 2. The quantitative estimate of drug-likeness (QED) is 0.853. The molecule has 0 saturated carbocycles. The summed E-state index contributed by atoms with van der Waals surface area (Å²) in [5, 5.41) is 7.98. The fourth-order valence-corrected chi connectivity index (χ4v) is 2.61. The smallest absolute Gasteiger partial charge is 0.231 e. The fraction of sp³-hybridized carbons (Fsp3) is 0.583. The summed E-state index contributed by atoms with van der Waals surface area (Å²) >= 11 is 1.42. The molecule has 1 saturated heterocycles. The van der Waals surface area contributed by atoms with Gasteiger partial charge in [0.05, 0.1) is 11.6 Å². The van der Waals surface area contributed by atoms with Crippen molar-refractivity contribution >= 4 is 28.3 Å². The molecule has 1 unspecified atom stereocenters. The summed E-state index contributed by atoms with van der Waals surface area (Å²) in [6.07, 6.45) is 0.267. The number of amides is 2. The fourth-order valence-electron chi connectivity index (χ4n) is 1.67. The van der Waals surface area contributed by atoms with Gasteiger partial charge in [0.1, 0.15) is 0 Å². The third kappa shape index (κ3) is 2.87. The Labute approximate surface area is 110 Å². The Balaban J connectivity index is 1.99. The molecule has 0 radical (unpaired) electrons. The Morgan fingerprint density at radius 1 is 1.56 bits per heavy atom. The van der Waals surface area contributed by atoms with Gasteiger partial charge in [0.15, 0.2) is 5.13 Å². The molecule has 1 atom stereocenters. The van der Waals surface area contributed by atoms with E-state index < -0.39 is 0 Å². The minimum Gasteiger partial charge on any atom is -0.355 e. The highest BCUT2D eigenvalue weighted by Crippen LogP contribution is 2.26. The first-order valence-electron chi connectivity index (χ1n) is 5.90. The number of nitrogens with one attached hydrogen (secondary N) is 2. The van der Waals surface area contributed by atoms with Gasteiger partial charge in [-0.1, -0.05) is 20.8 Å². The number of carbonyl (C=O) groups excluding carboxylic acids is 2. The molecule has 2 heterocycles. The molecule has 2 rings (SSSR count). The van der Waals surface area contributed by atoms with Crippen LogP contribution < -0.4 is 10.6 Å². The lowest BCUT2D eigenvalue weighted by atomic mass is 9.93. The van der Waals surface area contributed by atoms with Crippen molar-refractivity contribution in [3.05, 3.63) is 11.1 Å². The van der Waals surface area contributed by atoms with Crippen molar-refractivity contribution in [2.75, 3.05) is 11.9 Å². The minimum atomic E-state index is -0.278. The van der Waals surface area contributed by atoms with Gasteiger partial charge >= 0.3 is 0 Å². The van der Waals surface area contributed by atoms with Crippen LogP contribution in [0.25, 0.3) is 0 Å². The van der Waals surface area contributed by atoms with Crippen LogP contribution in [0.5, 0.6) is 0 Å². The number of hydrogen-bond acceptors (Lipinski definition) is 4. The van der Waals surface area contributed by atoms with Crippen LogP contribution in [-0.4, -0.2) is 23.3 Å². The summed E-state index contributed by atoms with van der Waals surface area (Å²) in [7, 11) is 0. The Morgan fingerprint density at radius 2 is 2.28 bits per heavy atom. The van der Waals surface area contributed by atoms with Crippen molar-refractivity contribution < 1.29 is 9.59 Å². The van der Waals surface area contributed by atoms with Crippen LogP contribution in [0.2, 0.25) is 0 Å². The molecule has 1 aliphatic rings. The Kier molecular flexibility index (Phi) is 3.38. The largest absolute Gasteiger partial charge is 0.355 e. The number of thiazole rings is 1. The highest BCUT2D eigenvalue weighted by atomic mass is 32.1. The zero-order valence-electron chi connectivity index (χ0n) is 10.7. The first-order valence-corrected chi connectivity index (χ1v) is 6.78. The highest BCUT2D eigenvalue weighted by Gasteiger charge is 2.28. The number of aromatic nitrogens is 1. The number of nitrogens with zero attached hydrogens (tertiary/aromatic N) is 1. The van der Waals surface area contributed by atoms with Crippen LogP contribution in [0, 0.1) is 5.92 Å². The van der Waals surface area contributed by atoms with Gasteiger partial charge in [0.25, 0.3) is 0 Å². The molecule has 2 amide bonds. The molecule has 0 bridgehead atoms. The summed E-state index contributed by atoms with van der Waals surface area (Å²) in [5.74, 6) is -0.479. The predicted molar refractivity (Wildman–Crippen MR) is 70.6 cm³/mol. The lowest BCUT2D eigenvalue weighted by molar-refractivity contribution is -0.123. The molecule has 98 valence electrons. The van der Waals surface area contributed by atoms with Crippen LogP contribution in [0.3, 0.4) is 0 Å². The van der Waals surface area contributed by atoms with E-state index in [2.05, 4.69) is 36.4 Å². The average Bonchev–Trinajstić information content (AvgIpc) is 2.85. The second-order valence-corrected chi connectivity index (χ2v) is 6.34. The van der Waals surface area contributed by atoms with Gasteiger partial charge in [0.2, 0.25) is 11.8 Å². The van der Waals surface area contributed by atoms with Crippen molar-refractivity contribution in [2.24, 2.45) is 5.92 Å². The maximum atomic E-state index is 11.9. The van der Waals surface area contributed by atoms with E-state index in [0.29, 0.717) is 11.7 Å². The van der Waals surface area contributed by atoms with Gasteiger partial charge in [-0.15, -0.1) is 11.3 Å². The van der Waals surface area contributed by atoms with Crippen molar-refractivity contribution in [3.8, 4) is 0 Å². The normalized spacial score (nSPS) is 19.7. The second-order valence-electron chi connectivity index (χ2n) is 5.48. The number of carbonyl (C=O) groups is 2. The Bertz CT molecular complexity index is 476. The minimum absolute atomic E-state index is 0.0235. The Hall–Kier alpha value is -1.43. The standard InChI is InChI=1S/C12H17N3O2S/c1-12(2,3)8-6-18-11(14-8)15-10(17)7-4-9(16)13-5-7/h6-7H,4-5H2,1-3H3,(H,13,16)(H,14,15,17). The first-order chi connectivity index (χ1) is 8.36. The summed E-state index contributed by atoms with van der Waals surface area (Å²) in [5.41, 5.74) is 0.938. The summed E-state index contributed by atoms with van der Waals surface area (Å²) < 4.78 is 0. The van der Waals surface area contributed by atoms with Crippen LogP contribution in [0.1, 0.15) is 32.9 Å². The molecule has 0 aromatic carbocycles. The molecule has 1 fully saturated rings. The maximum absolute atomic E-state index is 11.9. The predicted octanol–water partition coefficient (Wildman–Crippen LogP) is 1.52. The van der Waals surface area contributed by atoms with Crippen molar-refractivity contribution in [3.63, 3.8) is 0 Å². The molecule has 0 spiro atoms. The van der Waals surface area contributed by atoms with Crippen molar-refractivity contribution in [1.29, 1.82) is 0 Å². The molecule has 1 aliphatic heterocycles. The van der Waals surface area contributed by atoms with Gasteiger partial charge in [0, 0.05) is 23.8 Å². The third-order valence-corrected chi connectivity index (χ3v) is 3.61.